The molecule has 0 radical (unpaired) electrons. The van der Waals surface area contributed by atoms with Gasteiger partial charge in [0.05, 0.1) is 29.2 Å². The number of carbonyl (C=O) groups excluding carboxylic acids is 1. The SMILES string of the molecule is COc1ccc(-c2ccc(/C=C(\C#N)C(=O)Nc3ccc(C(=O)O)cc3)o2)c([N+](=O)[O-])c1. The number of nitro benzene ring substituents is 1. The molecule has 3 aromatic rings. The minimum atomic E-state index is -1.11. The van der Waals surface area contributed by atoms with Gasteiger partial charge in [0.15, 0.2) is 0 Å². The molecule has 1 heterocycles. The van der Waals surface area contributed by atoms with Gasteiger partial charge in [-0.05, 0) is 48.5 Å². The Morgan fingerprint density at radius 3 is 2.50 bits per heavy atom. The predicted molar refractivity (Wildman–Crippen MR) is 113 cm³/mol. The largest absolute Gasteiger partial charge is 0.497 e. The summed E-state index contributed by atoms with van der Waals surface area (Å²) in [5, 5.41) is 32.1. The standard InChI is InChI=1S/C22H15N3O7/c1-31-16-6-8-18(19(11-16)25(29)30)20-9-7-17(32-20)10-14(12-23)21(26)24-15-4-2-13(3-5-15)22(27)28/h2-11H,1H3,(H,24,26)(H,27,28)/b14-10+. The molecule has 160 valence electrons. The topological polar surface area (TPSA) is 156 Å². The van der Waals surface area contributed by atoms with Crippen molar-refractivity contribution in [3.8, 4) is 23.1 Å². The van der Waals surface area contributed by atoms with Gasteiger partial charge < -0.3 is 19.6 Å². The quantitative estimate of drug-likeness (QED) is 0.244. The lowest BCUT2D eigenvalue weighted by Gasteiger charge is -2.04. The highest BCUT2D eigenvalue weighted by Gasteiger charge is 2.20. The van der Waals surface area contributed by atoms with Crippen molar-refractivity contribution in [2.75, 3.05) is 12.4 Å². The van der Waals surface area contributed by atoms with Crippen molar-refractivity contribution in [2.45, 2.75) is 0 Å². The highest BCUT2D eigenvalue weighted by molar-refractivity contribution is 6.09. The number of hydrogen-bond donors (Lipinski definition) is 2. The van der Waals surface area contributed by atoms with E-state index >= 15 is 0 Å². The first-order valence-corrected chi connectivity index (χ1v) is 9.01. The Hall–Kier alpha value is -4.91. The molecule has 1 aromatic heterocycles. The summed E-state index contributed by atoms with van der Waals surface area (Å²) in [6, 6.07) is 14.4. The van der Waals surface area contributed by atoms with Crippen molar-refractivity contribution >= 4 is 29.3 Å². The number of carbonyl (C=O) groups is 2. The van der Waals surface area contributed by atoms with Crippen molar-refractivity contribution in [3.63, 3.8) is 0 Å². The number of ether oxygens (including phenoxy) is 1. The van der Waals surface area contributed by atoms with Gasteiger partial charge in [-0.15, -0.1) is 0 Å². The molecule has 10 heteroatoms. The summed E-state index contributed by atoms with van der Waals surface area (Å²) >= 11 is 0. The molecule has 0 saturated heterocycles. The number of nitro groups is 1. The maximum atomic E-state index is 12.4. The molecule has 2 N–H and O–H groups in total. The molecule has 0 fully saturated rings. The fourth-order valence-electron chi connectivity index (χ4n) is 2.76. The Labute approximate surface area is 181 Å². The molecule has 0 aliphatic heterocycles. The second-order valence-electron chi connectivity index (χ2n) is 6.35. The second kappa shape index (κ2) is 9.27. The van der Waals surface area contributed by atoms with Gasteiger partial charge in [-0.1, -0.05) is 0 Å². The van der Waals surface area contributed by atoms with E-state index in [1.807, 2.05) is 0 Å². The van der Waals surface area contributed by atoms with Gasteiger partial charge in [0.2, 0.25) is 0 Å². The fourth-order valence-corrected chi connectivity index (χ4v) is 2.76. The van der Waals surface area contributed by atoms with Gasteiger partial charge in [-0.25, -0.2) is 4.79 Å². The number of furan rings is 1. The van der Waals surface area contributed by atoms with Crippen molar-refractivity contribution < 1.29 is 28.8 Å². The molecular weight excluding hydrogens is 418 g/mol. The van der Waals surface area contributed by atoms with Crippen molar-refractivity contribution in [1.29, 1.82) is 5.26 Å². The summed E-state index contributed by atoms with van der Waals surface area (Å²) in [5.74, 6) is -1.22. The van der Waals surface area contributed by atoms with Crippen LogP contribution >= 0.6 is 0 Å². The van der Waals surface area contributed by atoms with Crippen LogP contribution in [0.4, 0.5) is 11.4 Å². The third-order valence-corrected chi connectivity index (χ3v) is 4.34. The Morgan fingerprint density at radius 1 is 1.19 bits per heavy atom. The van der Waals surface area contributed by atoms with E-state index in [9.17, 15) is 25.0 Å². The minimum absolute atomic E-state index is 0.0507. The fraction of sp³-hybridized carbons (Fsp3) is 0.0455. The molecule has 0 aliphatic rings. The zero-order valence-electron chi connectivity index (χ0n) is 16.6. The van der Waals surface area contributed by atoms with Crippen LogP contribution in [0.2, 0.25) is 0 Å². The number of carboxylic acids is 1. The monoisotopic (exact) mass is 433 g/mol. The molecule has 0 aliphatic carbocycles. The van der Waals surface area contributed by atoms with Crippen LogP contribution in [0.15, 0.2) is 64.6 Å². The van der Waals surface area contributed by atoms with Crippen LogP contribution in [-0.4, -0.2) is 29.0 Å². The van der Waals surface area contributed by atoms with E-state index in [0.717, 1.165) is 0 Å². The molecule has 0 atom stereocenters. The number of aromatic carboxylic acids is 1. The molecule has 10 nitrogen and oxygen atoms in total. The van der Waals surface area contributed by atoms with Crippen molar-refractivity contribution in [3.05, 3.63) is 81.6 Å². The number of carboxylic acid groups (broad SMARTS) is 1. The summed E-state index contributed by atoms with van der Waals surface area (Å²) in [6.45, 7) is 0. The lowest BCUT2D eigenvalue weighted by molar-refractivity contribution is -0.384. The number of nitrogens with zero attached hydrogens (tertiary/aromatic N) is 2. The number of amides is 1. The Bertz CT molecular complexity index is 1270. The summed E-state index contributed by atoms with van der Waals surface area (Å²) in [5.41, 5.74) is 0.0524. The lowest BCUT2D eigenvalue weighted by atomic mass is 10.1. The van der Waals surface area contributed by atoms with E-state index in [0.29, 0.717) is 11.4 Å². The number of nitrogens with one attached hydrogen (secondary N) is 1. The predicted octanol–water partition coefficient (Wildman–Crippen LogP) is 4.11. The van der Waals surface area contributed by atoms with Gasteiger partial charge in [-0.3, -0.25) is 14.9 Å². The van der Waals surface area contributed by atoms with E-state index in [2.05, 4.69) is 5.32 Å². The first kappa shape index (κ1) is 21.8. The van der Waals surface area contributed by atoms with E-state index in [1.165, 1.54) is 61.7 Å². The highest BCUT2D eigenvalue weighted by atomic mass is 16.6. The molecule has 2 aromatic carbocycles. The third-order valence-electron chi connectivity index (χ3n) is 4.34. The van der Waals surface area contributed by atoms with E-state index in [4.69, 9.17) is 14.3 Å². The normalized spacial score (nSPS) is 10.8. The maximum Gasteiger partial charge on any atom is 0.335 e. The van der Waals surface area contributed by atoms with Crippen LogP contribution in [0, 0.1) is 21.4 Å². The molecule has 0 saturated carbocycles. The van der Waals surface area contributed by atoms with Crippen LogP contribution in [-0.2, 0) is 4.79 Å². The molecule has 32 heavy (non-hydrogen) atoms. The first-order valence-electron chi connectivity index (χ1n) is 9.01. The summed E-state index contributed by atoms with van der Waals surface area (Å²) in [7, 11) is 1.39. The van der Waals surface area contributed by atoms with Gasteiger partial charge in [0.25, 0.3) is 11.6 Å². The van der Waals surface area contributed by atoms with E-state index in [-0.39, 0.29) is 33.9 Å². The second-order valence-corrected chi connectivity index (χ2v) is 6.35. The Morgan fingerprint density at radius 2 is 1.91 bits per heavy atom. The summed E-state index contributed by atoms with van der Waals surface area (Å²) < 4.78 is 10.6. The highest BCUT2D eigenvalue weighted by Crippen LogP contribution is 2.34. The molecule has 0 unspecified atom stereocenters. The van der Waals surface area contributed by atoms with Crippen LogP contribution in [0.3, 0.4) is 0 Å². The Balaban J connectivity index is 1.84. The van der Waals surface area contributed by atoms with Gasteiger partial charge >= 0.3 is 5.97 Å². The minimum Gasteiger partial charge on any atom is -0.497 e. The number of benzene rings is 2. The van der Waals surface area contributed by atoms with E-state index in [1.54, 1.807) is 12.1 Å². The first-order chi connectivity index (χ1) is 15.3. The van der Waals surface area contributed by atoms with Crippen molar-refractivity contribution in [1.82, 2.24) is 0 Å². The van der Waals surface area contributed by atoms with Crippen LogP contribution in [0.1, 0.15) is 16.1 Å². The zero-order valence-corrected chi connectivity index (χ0v) is 16.6. The molecule has 1 amide bonds. The van der Waals surface area contributed by atoms with Crippen molar-refractivity contribution in [2.24, 2.45) is 0 Å². The van der Waals surface area contributed by atoms with Gasteiger partial charge in [0, 0.05) is 11.8 Å². The molecule has 3 rings (SSSR count). The summed E-state index contributed by atoms with van der Waals surface area (Å²) in [6.07, 6.45) is 1.19. The average molecular weight is 433 g/mol. The lowest BCUT2D eigenvalue weighted by Crippen LogP contribution is -2.13. The smallest absolute Gasteiger partial charge is 0.335 e. The number of nitriles is 1. The average Bonchev–Trinajstić information content (AvgIpc) is 3.25. The van der Waals surface area contributed by atoms with E-state index < -0.39 is 16.8 Å². The summed E-state index contributed by atoms with van der Waals surface area (Å²) in [4.78, 5) is 34.1. The third kappa shape index (κ3) is 4.80. The Kier molecular flexibility index (Phi) is 6.31. The number of anilines is 1. The molecule has 0 bridgehead atoms. The van der Waals surface area contributed by atoms with Crippen LogP contribution in [0.5, 0.6) is 5.75 Å². The van der Waals surface area contributed by atoms with Crippen LogP contribution in [0.25, 0.3) is 17.4 Å². The van der Waals surface area contributed by atoms with Gasteiger partial charge in [-0.2, -0.15) is 5.26 Å². The van der Waals surface area contributed by atoms with Gasteiger partial charge in [0.1, 0.15) is 28.9 Å². The number of rotatable bonds is 7. The van der Waals surface area contributed by atoms with Crippen LogP contribution < -0.4 is 10.1 Å². The zero-order chi connectivity index (χ0) is 23.3. The molecular formula is C22H15N3O7. The maximum absolute atomic E-state index is 12.4. The molecule has 0 spiro atoms. The number of methoxy groups -OCH3 is 1. The number of hydrogen-bond acceptors (Lipinski definition) is 7.